The molecular weight excluding hydrogens is 593 g/mol. The maximum Gasteiger partial charge on any atom is 0.430 e. The van der Waals surface area contributed by atoms with Crippen LogP contribution in [0.5, 0.6) is 11.5 Å². The minimum Gasteiger partial charge on any atom is -0.475 e. The van der Waals surface area contributed by atoms with Crippen molar-refractivity contribution in [3.63, 3.8) is 0 Å². The van der Waals surface area contributed by atoms with Crippen molar-refractivity contribution in [2.24, 2.45) is 0 Å². The summed E-state index contributed by atoms with van der Waals surface area (Å²) in [6.07, 6.45) is -11.9. The highest BCUT2D eigenvalue weighted by Gasteiger charge is 2.49. The molecule has 0 saturated carbocycles. The fourth-order valence-electron chi connectivity index (χ4n) is 3.59. The summed E-state index contributed by atoms with van der Waals surface area (Å²) in [5.74, 6) is -2.07. The summed E-state index contributed by atoms with van der Waals surface area (Å²) in [5.41, 5.74) is -0.565. The van der Waals surface area contributed by atoms with E-state index in [-0.39, 0.29) is 24.7 Å². The second-order valence-electron chi connectivity index (χ2n) is 8.08. The average Bonchev–Trinajstić information content (AvgIpc) is 2.86. The van der Waals surface area contributed by atoms with Gasteiger partial charge in [0.25, 0.3) is 0 Å². The van der Waals surface area contributed by atoms with Crippen molar-refractivity contribution >= 4 is 47.3 Å². The number of esters is 2. The van der Waals surface area contributed by atoms with E-state index >= 15 is 0 Å². The second kappa shape index (κ2) is 12.4. The SMILES string of the molecule is CCOC(=O)C1=Cc2cc(Cl)ccc2OC1C(F)(F)F.CCOC(=O)C1=Cc2cc(Cl)ccc2OC1C(F)(F)F. The molecule has 2 aliphatic heterocycles. The van der Waals surface area contributed by atoms with E-state index in [0.717, 1.165) is 12.2 Å². The molecule has 0 N–H and O–H groups in total. The van der Waals surface area contributed by atoms with Gasteiger partial charge in [0, 0.05) is 21.2 Å². The molecule has 2 atom stereocenters. The van der Waals surface area contributed by atoms with Crippen LogP contribution in [0.15, 0.2) is 47.5 Å². The van der Waals surface area contributed by atoms with Gasteiger partial charge >= 0.3 is 24.3 Å². The van der Waals surface area contributed by atoms with Gasteiger partial charge in [-0.1, -0.05) is 23.2 Å². The molecule has 2 heterocycles. The normalized spacial score (nSPS) is 17.9. The summed E-state index contributed by atoms with van der Waals surface area (Å²) < 4.78 is 96.8. The largest absolute Gasteiger partial charge is 0.475 e. The fourth-order valence-corrected chi connectivity index (χ4v) is 3.95. The van der Waals surface area contributed by atoms with Gasteiger partial charge in [-0.3, -0.25) is 0 Å². The van der Waals surface area contributed by atoms with Crippen LogP contribution in [0.4, 0.5) is 26.3 Å². The summed E-state index contributed by atoms with van der Waals surface area (Å²) in [7, 11) is 0. The number of halogens is 8. The van der Waals surface area contributed by atoms with Gasteiger partial charge in [-0.15, -0.1) is 0 Å². The van der Waals surface area contributed by atoms with Crippen LogP contribution < -0.4 is 9.47 Å². The van der Waals surface area contributed by atoms with Crippen LogP contribution in [0.25, 0.3) is 12.2 Å². The van der Waals surface area contributed by atoms with Gasteiger partial charge in [0.2, 0.25) is 12.2 Å². The third-order valence-corrected chi connectivity index (χ3v) is 5.71. The second-order valence-corrected chi connectivity index (χ2v) is 8.96. The van der Waals surface area contributed by atoms with Crippen molar-refractivity contribution in [1.82, 2.24) is 0 Å². The zero-order chi connectivity index (χ0) is 29.8. The highest BCUT2D eigenvalue weighted by Crippen LogP contribution is 2.39. The zero-order valence-electron chi connectivity index (χ0n) is 20.7. The Bertz CT molecular complexity index is 1230. The van der Waals surface area contributed by atoms with Crippen LogP contribution in [0.1, 0.15) is 25.0 Å². The van der Waals surface area contributed by atoms with Crippen molar-refractivity contribution in [3.05, 3.63) is 68.7 Å². The predicted octanol–water partition coefficient (Wildman–Crippen LogP) is 7.22. The number of alkyl halides is 6. The van der Waals surface area contributed by atoms with E-state index in [1.165, 1.54) is 50.2 Å². The Balaban J connectivity index is 0.000000220. The van der Waals surface area contributed by atoms with Gasteiger partial charge < -0.3 is 18.9 Å². The lowest BCUT2D eigenvalue weighted by Crippen LogP contribution is -2.40. The van der Waals surface area contributed by atoms with E-state index in [9.17, 15) is 35.9 Å². The Morgan fingerprint density at radius 1 is 0.725 bits per heavy atom. The minimum absolute atomic E-state index is 0.0183. The molecule has 0 amide bonds. The first-order valence-electron chi connectivity index (χ1n) is 11.5. The molecule has 0 fully saturated rings. The molecule has 0 aromatic heterocycles. The van der Waals surface area contributed by atoms with Crippen LogP contribution in [0.2, 0.25) is 10.0 Å². The molecule has 2 aliphatic rings. The summed E-state index contributed by atoms with van der Waals surface area (Å²) in [6.45, 7) is 2.97. The van der Waals surface area contributed by atoms with Crippen LogP contribution >= 0.6 is 23.2 Å². The number of benzene rings is 2. The fraction of sp³-hybridized carbons (Fsp3) is 0.308. The molecule has 0 spiro atoms. The molecule has 0 bridgehead atoms. The van der Waals surface area contributed by atoms with Crippen molar-refractivity contribution in [3.8, 4) is 11.5 Å². The van der Waals surface area contributed by atoms with E-state index in [1.807, 2.05) is 0 Å². The lowest BCUT2D eigenvalue weighted by Gasteiger charge is -2.27. The molecule has 216 valence electrons. The quantitative estimate of drug-likeness (QED) is 0.268. The lowest BCUT2D eigenvalue weighted by atomic mass is 10.0. The Labute approximate surface area is 234 Å². The first kappa shape index (κ1) is 31.2. The monoisotopic (exact) mass is 612 g/mol. The Kier molecular flexibility index (Phi) is 9.68. The molecule has 0 saturated heterocycles. The van der Waals surface area contributed by atoms with Gasteiger partial charge in [0.15, 0.2) is 0 Å². The van der Waals surface area contributed by atoms with Gasteiger partial charge in [0.05, 0.1) is 24.4 Å². The summed E-state index contributed by atoms with van der Waals surface area (Å²) >= 11 is 11.5. The standard InChI is InChI=1S/2C13H10ClF3O3/c2*1-2-19-12(18)9-6-7-5-8(14)3-4-10(7)20-11(9)13(15,16)17/h2*3-6,11H,2H2,1H3. The highest BCUT2D eigenvalue weighted by atomic mass is 35.5. The van der Waals surface area contributed by atoms with Crippen molar-refractivity contribution in [2.75, 3.05) is 13.2 Å². The summed E-state index contributed by atoms with van der Waals surface area (Å²) in [4.78, 5) is 23.3. The van der Waals surface area contributed by atoms with E-state index in [4.69, 9.17) is 32.7 Å². The first-order valence-corrected chi connectivity index (χ1v) is 12.2. The minimum atomic E-state index is -4.71. The number of carbonyl (C=O) groups is 2. The third kappa shape index (κ3) is 7.42. The van der Waals surface area contributed by atoms with Gasteiger partial charge in [0.1, 0.15) is 11.5 Å². The number of ether oxygens (including phenoxy) is 4. The van der Waals surface area contributed by atoms with Gasteiger partial charge in [-0.2, -0.15) is 26.3 Å². The van der Waals surface area contributed by atoms with Gasteiger partial charge in [-0.25, -0.2) is 9.59 Å². The zero-order valence-corrected chi connectivity index (χ0v) is 22.2. The topological polar surface area (TPSA) is 71.1 Å². The van der Waals surface area contributed by atoms with Crippen LogP contribution in [-0.2, 0) is 19.1 Å². The van der Waals surface area contributed by atoms with E-state index in [1.54, 1.807) is 0 Å². The first-order chi connectivity index (χ1) is 18.6. The molecule has 0 radical (unpaired) electrons. The molecule has 0 aliphatic carbocycles. The van der Waals surface area contributed by atoms with Crippen LogP contribution in [0, 0.1) is 0 Å². The molecule has 6 nitrogen and oxygen atoms in total. The molecule has 2 aromatic rings. The molecule has 2 aromatic carbocycles. The maximum atomic E-state index is 13.0. The summed E-state index contributed by atoms with van der Waals surface area (Å²) in [5, 5.41) is 0.662. The van der Waals surface area contributed by atoms with Crippen molar-refractivity contribution in [2.45, 2.75) is 38.4 Å². The molecular formula is C26H20Cl2F6O6. The smallest absolute Gasteiger partial charge is 0.430 e. The molecule has 4 rings (SSSR count). The van der Waals surface area contributed by atoms with E-state index < -0.39 is 47.6 Å². The molecule has 2 unspecified atom stereocenters. The Morgan fingerprint density at radius 2 is 1.07 bits per heavy atom. The number of hydrogen-bond acceptors (Lipinski definition) is 6. The van der Waals surface area contributed by atoms with Crippen molar-refractivity contribution in [1.29, 1.82) is 0 Å². The highest BCUT2D eigenvalue weighted by molar-refractivity contribution is 6.31. The number of rotatable bonds is 4. The molecule has 14 heteroatoms. The maximum absolute atomic E-state index is 13.0. The molecule has 40 heavy (non-hydrogen) atoms. The van der Waals surface area contributed by atoms with E-state index in [2.05, 4.69) is 9.47 Å². The lowest BCUT2D eigenvalue weighted by molar-refractivity contribution is -0.188. The third-order valence-electron chi connectivity index (χ3n) is 5.24. The number of carbonyl (C=O) groups excluding carboxylic acids is 2. The number of hydrogen-bond donors (Lipinski definition) is 0. The van der Waals surface area contributed by atoms with Gasteiger partial charge in [-0.05, 0) is 62.4 Å². The van der Waals surface area contributed by atoms with Crippen LogP contribution in [-0.4, -0.2) is 49.7 Å². The number of fused-ring (bicyclic) bond motifs is 2. The Hall–Kier alpha value is -3.38. The predicted molar refractivity (Wildman–Crippen MR) is 133 cm³/mol. The summed E-state index contributed by atoms with van der Waals surface area (Å²) in [6, 6.07) is 8.32. The van der Waals surface area contributed by atoms with Crippen molar-refractivity contribution < 1.29 is 54.9 Å². The Morgan fingerprint density at radius 3 is 1.38 bits per heavy atom. The van der Waals surface area contributed by atoms with Crippen LogP contribution in [0.3, 0.4) is 0 Å². The average molecular weight is 613 g/mol. The van der Waals surface area contributed by atoms with E-state index in [0.29, 0.717) is 21.2 Å².